The molecule has 8 nitrogen and oxygen atoms in total. The number of nitrogens with zero attached hydrogens (tertiary/aromatic N) is 6. The van der Waals surface area contributed by atoms with E-state index in [1.54, 1.807) is 42.9 Å². The lowest BCUT2D eigenvalue weighted by molar-refractivity contribution is -0.144. The SMILES string of the molecule is Cc1nc2nc(C(F)(F)F)nn2c(C)c1CC(=O)Nc1ccnn1Cc1ccc(Cl)cc1. The van der Waals surface area contributed by atoms with Crippen molar-refractivity contribution in [1.29, 1.82) is 0 Å². The van der Waals surface area contributed by atoms with Crippen molar-refractivity contribution in [2.75, 3.05) is 5.32 Å². The van der Waals surface area contributed by atoms with Crippen LogP contribution in [-0.4, -0.2) is 35.3 Å². The average Bonchev–Trinajstić information content (AvgIpc) is 3.34. The predicted octanol–water partition coefficient (Wildman–Crippen LogP) is 3.84. The average molecular weight is 464 g/mol. The van der Waals surface area contributed by atoms with E-state index in [2.05, 4.69) is 25.5 Å². The number of halogens is 4. The van der Waals surface area contributed by atoms with Crippen molar-refractivity contribution in [3.8, 4) is 0 Å². The molecule has 32 heavy (non-hydrogen) atoms. The zero-order valence-electron chi connectivity index (χ0n) is 17.0. The Kier molecular flexibility index (Phi) is 5.59. The van der Waals surface area contributed by atoms with Crippen LogP contribution in [0.2, 0.25) is 5.02 Å². The molecule has 0 saturated carbocycles. The van der Waals surface area contributed by atoms with Crippen molar-refractivity contribution in [2.45, 2.75) is 33.0 Å². The van der Waals surface area contributed by atoms with Gasteiger partial charge in [-0.25, -0.2) is 14.2 Å². The third-order valence-electron chi connectivity index (χ3n) is 4.87. The predicted molar refractivity (Wildman–Crippen MR) is 110 cm³/mol. The van der Waals surface area contributed by atoms with E-state index >= 15 is 0 Å². The molecule has 1 aromatic carbocycles. The van der Waals surface area contributed by atoms with Gasteiger partial charge in [-0.05, 0) is 31.5 Å². The van der Waals surface area contributed by atoms with Crippen LogP contribution < -0.4 is 5.32 Å². The summed E-state index contributed by atoms with van der Waals surface area (Å²) in [5.41, 5.74) is 2.18. The molecule has 0 fully saturated rings. The van der Waals surface area contributed by atoms with Crippen LogP contribution >= 0.6 is 11.6 Å². The molecule has 0 atom stereocenters. The molecule has 0 radical (unpaired) electrons. The maximum Gasteiger partial charge on any atom is 0.453 e. The van der Waals surface area contributed by atoms with Crippen molar-refractivity contribution < 1.29 is 18.0 Å². The third kappa shape index (κ3) is 4.42. The second-order valence-electron chi connectivity index (χ2n) is 7.13. The molecule has 0 bridgehead atoms. The summed E-state index contributed by atoms with van der Waals surface area (Å²) in [4.78, 5) is 20.2. The first-order chi connectivity index (χ1) is 15.1. The summed E-state index contributed by atoms with van der Waals surface area (Å²) in [5.74, 6) is -1.33. The zero-order valence-corrected chi connectivity index (χ0v) is 17.7. The molecule has 4 rings (SSSR count). The molecule has 3 aromatic heterocycles. The first kappa shape index (κ1) is 21.8. The van der Waals surface area contributed by atoms with Crippen LogP contribution in [0.3, 0.4) is 0 Å². The van der Waals surface area contributed by atoms with Crippen LogP contribution in [0.25, 0.3) is 5.78 Å². The van der Waals surface area contributed by atoms with Crippen LogP contribution in [0, 0.1) is 13.8 Å². The van der Waals surface area contributed by atoms with E-state index in [4.69, 9.17) is 11.6 Å². The summed E-state index contributed by atoms with van der Waals surface area (Å²) in [7, 11) is 0. The highest BCUT2D eigenvalue weighted by molar-refractivity contribution is 6.30. The van der Waals surface area contributed by atoms with E-state index in [0.717, 1.165) is 10.1 Å². The lowest BCUT2D eigenvalue weighted by Gasteiger charge is -2.12. The Morgan fingerprint density at radius 3 is 2.53 bits per heavy atom. The lowest BCUT2D eigenvalue weighted by Crippen LogP contribution is -2.20. The molecular formula is C20H17ClF3N7O. The van der Waals surface area contributed by atoms with Crippen LogP contribution in [0.4, 0.5) is 19.0 Å². The topological polar surface area (TPSA) is 90.0 Å². The van der Waals surface area contributed by atoms with Gasteiger partial charge in [-0.3, -0.25) is 4.79 Å². The Labute approximate surface area is 185 Å². The second-order valence-corrected chi connectivity index (χ2v) is 7.57. The van der Waals surface area contributed by atoms with Crippen molar-refractivity contribution in [3.05, 3.63) is 69.9 Å². The van der Waals surface area contributed by atoms with Gasteiger partial charge in [0, 0.05) is 28.0 Å². The minimum atomic E-state index is -4.69. The van der Waals surface area contributed by atoms with E-state index < -0.39 is 12.0 Å². The first-order valence-electron chi connectivity index (χ1n) is 9.48. The lowest BCUT2D eigenvalue weighted by atomic mass is 10.1. The summed E-state index contributed by atoms with van der Waals surface area (Å²) < 4.78 is 41.5. The van der Waals surface area contributed by atoms with E-state index in [1.807, 2.05) is 12.1 Å². The molecule has 0 saturated heterocycles. The van der Waals surface area contributed by atoms with Crippen molar-refractivity contribution in [1.82, 2.24) is 29.4 Å². The van der Waals surface area contributed by atoms with E-state index in [9.17, 15) is 18.0 Å². The maximum atomic E-state index is 12.9. The standard InChI is InChI=1S/C20H17ClF3N7O/c1-11-15(12(2)31-19(26-11)28-18(29-31)20(22,23)24)9-17(32)27-16-7-8-25-30(16)10-13-3-5-14(21)6-4-13/h3-8H,9-10H2,1-2H3,(H,27,32). The summed E-state index contributed by atoms with van der Waals surface area (Å²) in [6.07, 6.45) is -3.23. The number of aromatic nitrogens is 6. The monoisotopic (exact) mass is 463 g/mol. The van der Waals surface area contributed by atoms with Crippen molar-refractivity contribution in [2.24, 2.45) is 0 Å². The number of alkyl halides is 3. The quantitative estimate of drug-likeness (QED) is 0.485. The molecule has 0 spiro atoms. The molecule has 12 heteroatoms. The third-order valence-corrected chi connectivity index (χ3v) is 5.12. The van der Waals surface area contributed by atoms with Gasteiger partial charge in [0.2, 0.25) is 5.91 Å². The largest absolute Gasteiger partial charge is 0.453 e. The van der Waals surface area contributed by atoms with Gasteiger partial charge < -0.3 is 5.32 Å². The van der Waals surface area contributed by atoms with Gasteiger partial charge in [0.25, 0.3) is 11.6 Å². The van der Waals surface area contributed by atoms with Gasteiger partial charge in [0.15, 0.2) is 0 Å². The Hall–Kier alpha value is -3.47. The molecule has 0 unspecified atom stereocenters. The van der Waals surface area contributed by atoms with Crippen LogP contribution in [0.5, 0.6) is 0 Å². The van der Waals surface area contributed by atoms with Crippen LogP contribution in [-0.2, 0) is 23.9 Å². The Morgan fingerprint density at radius 1 is 1.12 bits per heavy atom. The van der Waals surface area contributed by atoms with Crippen LogP contribution in [0.15, 0.2) is 36.5 Å². The molecule has 0 aliphatic heterocycles. The number of carbonyl (C=O) groups is 1. The fourth-order valence-electron chi connectivity index (χ4n) is 3.26. The number of aryl methyl sites for hydroxylation is 2. The van der Waals surface area contributed by atoms with Crippen LogP contribution in [0.1, 0.15) is 28.3 Å². The second kappa shape index (κ2) is 8.23. The summed E-state index contributed by atoms with van der Waals surface area (Å²) >= 11 is 5.91. The van der Waals surface area contributed by atoms with E-state index in [1.165, 1.54) is 0 Å². The van der Waals surface area contributed by atoms with Gasteiger partial charge in [-0.1, -0.05) is 23.7 Å². The highest BCUT2D eigenvalue weighted by Gasteiger charge is 2.37. The van der Waals surface area contributed by atoms with Gasteiger partial charge in [-0.2, -0.15) is 23.3 Å². The number of nitrogens with one attached hydrogen (secondary N) is 1. The van der Waals surface area contributed by atoms with Crippen molar-refractivity contribution in [3.63, 3.8) is 0 Å². The number of fused-ring (bicyclic) bond motifs is 1. The number of amides is 1. The van der Waals surface area contributed by atoms with E-state index in [-0.39, 0.29) is 18.1 Å². The zero-order chi connectivity index (χ0) is 23.0. The Bertz CT molecular complexity index is 1300. The first-order valence-corrected chi connectivity index (χ1v) is 9.86. The van der Waals surface area contributed by atoms with E-state index in [0.29, 0.717) is 34.3 Å². The molecule has 3 heterocycles. The number of rotatable bonds is 5. The minimum Gasteiger partial charge on any atom is -0.311 e. The fourth-order valence-corrected chi connectivity index (χ4v) is 3.39. The number of hydrogen-bond donors (Lipinski definition) is 1. The molecule has 4 aromatic rings. The number of hydrogen-bond acceptors (Lipinski definition) is 5. The summed E-state index contributed by atoms with van der Waals surface area (Å²) in [6, 6.07) is 8.90. The normalized spacial score (nSPS) is 11.8. The molecule has 1 N–H and O–H groups in total. The fraction of sp³-hybridized carbons (Fsp3) is 0.250. The number of benzene rings is 1. The minimum absolute atomic E-state index is 0.103. The molecule has 1 amide bonds. The van der Waals surface area contributed by atoms with Gasteiger partial charge >= 0.3 is 6.18 Å². The highest BCUT2D eigenvalue weighted by atomic mass is 35.5. The highest BCUT2D eigenvalue weighted by Crippen LogP contribution is 2.27. The van der Waals surface area contributed by atoms with Crippen molar-refractivity contribution >= 4 is 29.1 Å². The molecule has 166 valence electrons. The molecular weight excluding hydrogens is 447 g/mol. The van der Waals surface area contributed by atoms with Gasteiger partial charge in [0.05, 0.1) is 19.2 Å². The van der Waals surface area contributed by atoms with Gasteiger partial charge in [0.1, 0.15) is 5.82 Å². The Balaban J connectivity index is 1.54. The van der Waals surface area contributed by atoms with Gasteiger partial charge in [-0.15, -0.1) is 5.10 Å². The summed E-state index contributed by atoms with van der Waals surface area (Å²) in [6.45, 7) is 3.61. The maximum absolute atomic E-state index is 12.9. The number of anilines is 1. The molecule has 0 aliphatic rings. The number of carbonyl (C=O) groups excluding carboxylic acids is 1. The summed E-state index contributed by atoms with van der Waals surface area (Å²) in [5, 5.41) is 11.1. The molecule has 0 aliphatic carbocycles. The smallest absolute Gasteiger partial charge is 0.311 e. The Morgan fingerprint density at radius 2 is 1.84 bits per heavy atom.